The third-order valence-electron chi connectivity index (χ3n) is 1.51. The Morgan fingerprint density at radius 2 is 2.21 bits per heavy atom. The summed E-state index contributed by atoms with van der Waals surface area (Å²) in [6.45, 7) is 8.21. The van der Waals surface area contributed by atoms with E-state index in [2.05, 4.69) is 35.3 Å². The van der Waals surface area contributed by atoms with Crippen molar-refractivity contribution in [3.05, 3.63) is 43.5 Å². The molecule has 0 amide bonds. The Hall–Kier alpha value is -1.60. The molecule has 0 saturated heterocycles. The van der Waals surface area contributed by atoms with Crippen molar-refractivity contribution in [2.45, 2.75) is 13.0 Å². The molecule has 1 heterocycles. The molecule has 1 aromatic rings. The third-order valence-corrected chi connectivity index (χ3v) is 1.51. The van der Waals surface area contributed by atoms with E-state index in [-0.39, 0.29) is 0 Å². The topological polar surface area (TPSA) is 43.5 Å². The van der Waals surface area contributed by atoms with Gasteiger partial charge >= 0.3 is 0 Å². The molecule has 0 fully saturated rings. The fraction of sp³-hybridized carbons (Fsp3) is 0.200. The summed E-state index contributed by atoms with van der Waals surface area (Å²) in [6, 6.07) is 0. The molecule has 1 rings (SSSR count). The lowest BCUT2D eigenvalue weighted by Crippen LogP contribution is -2.34. The first kappa shape index (κ1) is 12.4. The van der Waals surface area contributed by atoms with Crippen LogP contribution in [-0.2, 0) is 25.6 Å². The zero-order chi connectivity index (χ0) is 10.8. The van der Waals surface area contributed by atoms with Crippen molar-refractivity contribution in [1.82, 2.24) is 4.98 Å². The number of imidazole rings is 1. The number of nitrogens with one attached hydrogen (secondary N) is 1. The number of rotatable bonds is 4. The number of nitrogens with zero attached hydrogens (tertiary/aromatic N) is 2. The van der Waals surface area contributed by atoms with Crippen molar-refractivity contribution < 1.29 is 4.57 Å². The molecule has 0 bridgehead atoms. The highest BCUT2D eigenvalue weighted by molar-refractivity contribution is 7.64. The first-order valence-electron chi connectivity index (χ1n) is 4.08. The average molecular weight is 207 g/mol. The summed E-state index contributed by atoms with van der Waals surface area (Å²) in [6.07, 6.45) is 8.55. The Morgan fingerprint density at radius 3 is 2.71 bits per heavy atom. The van der Waals surface area contributed by atoms with Gasteiger partial charge in [-0.15, -0.1) is 6.58 Å². The molecule has 1 aromatic heterocycles. The maximum absolute atomic E-state index is 7.13. The summed E-state index contributed by atoms with van der Waals surface area (Å²) < 4.78 is 2.11. The number of H-pyrrole nitrogens is 1. The van der Waals surface area contributed by atoms with Gasteiger partial charge in [0, 0.05) is 0 Å². The second-order valence-electron chi connectivity index (χ2n) is 2.43. The van der Waals surface area contributed by atoms with Crippen LogP contribution >= 0.6 is 0 Å². The number of nitriles is 1. The van der Waals surface area contributed by atoms with Crippen LogP contribution in [0.15, 0.2) is 37.7 Å². The molecule has 3 nitrogen and oxygen atoms in total. The van der Waals surface area contributed by atoms with Crippen LogP contribution in [0.1, 0.15) is 5.82 Å². The maximum atomic E-state index is 7.13. The van der Waals surface area contributed by atoms with Gasteiger partial charge in [-0.2, -0.15) is 0 Å². The van der Waals surface area contributed by atoms with Gasteiger partial charge in [-0.1, -0.05) is 24.1 Å². The molecule has 0 aliphatic carbocycles. The zero-order valence-corrected chi connectivity index (χ0v) is 8.76. The van der Waals surface area contributed by atoms with E-state index in [9.17, 15) is 0 Å². The lowest BCUT2D eigenvalue weighted by molar-refractivity contribution is -0.692. The highest BCUT2D eigenvalue weighted by Gasteiger charge is 2.04. The summed E-state index contributed by atoms with van der Waals surface area (Å²) >= 11 is 3.70. The average Bonchev–Trinajstić information content (AvgIpc) is 2.56. The lowest BCUT2D eigenvalue weighted by Gasteiger charge is -1.92. The predicted octanol–water partition coefficient (Wildman–Crippen LogP) is 1.23. The predicted molar refractivity (Wildman–Crippen MR) is 58.1 cm³/mol. The normalized spacial score (nSPS) is 7.93. The number of aromatic nitrogens is 2. The van der Waals surface area contributed by atoms with E-state index in [4.69, 9.17) is 5.26 Å². The van der Waals surface area contributed by atoms with Crippen molar-refractivity contribution in [2.24, 2.45) is 0 Å². The van der Waals surface area contributed by atoms with E-state index in [0.29, 0.717) is 0 Å². The SMILES string of the molecule is C=CCc1[nH]cc[n+]1CC=C.N#C[S-]. The van der Waals surface area contributed by atoms with Gasteiger partial charge in [-0.05, 0) is 0 Å². The minimum atomic E-state index is 0.854. The molecule has 0 saturated carbocycles. The van der Waals surface area contributed by atoms with Crippen LogP contribution in [0.2, 0.25) is 0 Å². The summed E-state index contributed by atoms with van der Waals surface area (Å²) in [5.74, 6) is 1.17. The molecule has 0 aromatic carbocycles. The van der Waals surface area contributed by atoms with E-state index >= 15 is 0 Å². The van der Waals surface area contributed by atoms with Gasteiger partial charge < -0.3 is 12.6 Å². The van der Waals surface area contributed by atoms with Crippen molar-refractivity contribution in [2.75, 3.05) is 0 Å². The first-order valence-corrected chi connectivity index (χ1v) is 4.49. The maximum Gasteiger partial charge on any atom is 0.258 e. The van der Waals surface area contributed by atoms with E-state index < -0.39 is 0 Å². The zero-order valence-electron chi connectivity index (χ0n) is 7.94. The van der Waals surface area contributed by atoms with Crippen LogP contribution in [0.4, 0.5) is 0 Å². The number of hydrogen-bond donors (Lipinski definition) is 1. The molecule has 0 aliphatic heterocycles. The van der Waals surface area contributed by atoms with E-state index in [1.54, 1.807) is 0 Å². The van der Waals surface area contributed by atoms with Crippen molar-refractivity contribution in [3.63, 3.8) is 0 Å². The van der Waals surface area contributed by atoms with E-state index in [1.807, 2.05) is 24.5 Å². The Bertz CT molecular complexity index is 298. The summed E-state index contributed by atoms with van der Waals surface area (Å²) in [4.78, 5) is 3.14. The van der Waals surface area contributed by atoms with Gasteiger partial charge in [-0.25, -0.2) is 14.8 Å². The fourth-order valence-corrected chi connectivity index (χ4v) is 1.02. The number of allylic oxidation sites excluding steroid dienone is 2. The number of aromatic amines is 1. The number of thiocyanates is 1. The van der Waals surface area contributed by atoms with Crippen molar-refractivity contribution in [1.29, 1.82) is 5.26 Å². The highest BCUT2D eigenvalue weighted by Crippen LogP contribution is 1.88. The molecule has 0 spiro atoms. The number of hydrogen-bond acceptors (Lipinski definition) is 2. The Balaban J connectivity index is 0.000000500. The second kappa shape index (κ2) is 8.02. The van der Waals surface area contributed by atoms with Gasteiger partial charge in [-0.3, -0.25) is 0 Å². The molecule has 14 heavy (non-hydrogen) atoms. The Kier molecular flexibility index (Phi) is 7.10. The van der Waals surface area contributed by atoms with Crippen molar-refractivity contribution in [3.8, 4) is 5.40 Å². The summed E-state index contributed by atoms with van der Waals surface area (Å²) in [5, 5.41) is 8.47. The van der Waals surface area contributed by atoms with Crippen molar-refractivity contribution >= 4 is 12.6 Å². The van der Waals surface area contributed by atoms with Gasteiger partial charge in [0.2, 0.25) is 0 Å². The third kappa shape index (κ3) is 4.43. The van der Waals surface area contributed by atoms with Gasteiger partial charge in [0.15, 0.2) is 0 Å². The summed E-state index contributed by atoms with van der Waals surface area (Å²) in [7, 11) is 0. The van der Waals surface area contributed by atoms with Crippen LogP contribution in [0.25, 0.3) is 0 Å². The van der Waals surface area contributed by atoms with Crippen LogP contribution in [0, 0.1) is 10.7 Å². The smallest absolute Gasteiger partial charge is 0.258 e. The standard InChI is InChI=1S/C9H12N2.CHNS/c1-3-5-9-10-6-8-11(9)7-4-2;2-1-3/h3-4,6,8H,1-2,5,7H2;3H. The van der Waals surface area contributed by atoms with Gasteiger partial charge in [0.1, 0.15) is 18.9 Å². The minimum absolute atomic E-state index is 0.854. The quantitative estimate of drug-likeness (QED) is 0.349. The molecule has 0 radical (unpaired) electrons. The van der Waals surface area contributed by atoms with Crippen LogP contribution in [0.3, 0.4) is 0 Å². The van der Waals surface area contributed by atoms with Gasteiger partial charge in [0.05, 0.1) is 6.42 Å². The Morgan fingerprint density at radius 1 is 1.57 bits per heavy atom. The monoisotopic (exact) mass is 207 g/mol. The first-order chi connectivity index (χ1) is 6.79. The highest BCUT2D eigenvalue weighted by atomic mass is 32.1. The van der Waals surface area contributed by atoms with Crippen LogP contribution in [-0.4, -0.2) is 4.98 Å². The molecular weight excluding hydrogens is 194 g/mol. The molecule has 4 heteroatoms. The minimum Gasteiger partial charge on any atom is -0.696 e. The fourth-order valence-electron chi connectivity index (χ4n) is 1.02. The lowest BCUT2D eigenvalue weighted by atomic mass is 10.4. The largest absolute Gasteiger partial charge is 0.696 e. The molecular formula is C10H13N3S. The molecule has 0 atom stereocenters. The van der Waals surface area contributed by atoms with E-state index in [0.717, 1.165) is 13.0 Å². The van der Waals surface area contributed by atoms with E-state index in [1.165, 1.54) is 11.2 Å². The molecule has 0 unspecified atom stereocenters. The van der Waals surface area contributed by atoms with Gasteiger partial charge in [0.25, 0.3) is 5.82 Å². The second-order valence-corrected chi connectivity index (χ2v) is 2.61. The molecule has 0 aliphatic rings. The summed E-state index contributed by atoms with van der Waals surface area (Å²) in [5.41, 5.74) is 0. The Labute approximate surface area is 89.8 Å². The van der Waals surface area contributed by atoms with Crippen LogP contribution in [0.5, 0.6) is 0 Å². The molecule has 1 N–H and O–H groups in total. The molecule has 74 valence electrons. The van der Waals surface area contributed by atoms with Crippen LogP contribution < -0.4 is 4.57 Å².